The third-order valence-corrected chi connectivity index (χ3v) is 3.95. The highest BCUT2D eigenvalue weighted by Crippen LogP contribution is 2.29. The van der Waals surface area contributed by atoms with E-state index < -0.39 is 0 Å². The summed E-state index contributed by atoms with van der Waals surface area (Å²) in [6.45, 7) is 7.60. The monoisotopic (exact) mass is 313 g/mol. The van der Waals surface area contributed by atoms with Crippen molar-refractivity contribution in [2.75, 3.05) is 13.1 Å². The van der Waals surface area contributed by atoms with E-state index >= 15 is 0 Å². The SMILES string of the molecule is CC(C)(C)CC(=O)N1CC(c2nc(Cc3ccccc3)no2)C1. The largest absolute Gasteiger partial charge is 0.341 e. The van der Waals surface area contributed by atoms with Gasteiger partial charge in [-0.3, -0.25) is 4.79 Å². The molecule has 5 nitrogen and oxygen atoms in total. The van der Waals surface area contributed by atoms with Crippen LogP contribution in [-0.2, 0) is 11.2 Å². The lowest BCUT2D eigenvalue weighted by Crippen LogP contribution is -2.49. The normalized spacial score (nSPS) is 15.5. The summed E-state index contributed by atoms with van der Waals surface area (Å²) in [4.78, 5) is 18.5. The maximum Gasteiger partial charge on any atom is 0.233 e. The van der Waals surface area contributed by atoms with Crippen molar-refractivity contribution in [1.82, 2.24) is 15.0 Å². The van der Waals surface area contributed by atoms with Crippen LogP contribution < -0.4 is 0 Å². The first-order valence-corrected chi connectivity index (χ1v) is 8.05. The van der Waals surface area contributed by atoms with Crippen molar-refractivity contribution in [2.45, 2.75) is 39.5 Å². The minimum atomic E-state index is 0.0233. The fraction of sp³-hybridized carbons (Fsp3) is 0.500. The van der Waals surface area contributed by atoms with E-state index in [0.717, 1.165) is 5.56 Å². The molecule has 1 aliphatic heterocycles. The third kappa shape index (κ3) is 3.97. The van der Waals surface area contributed by atoms with Gasteiger partial charge in [-0.15, -0.1) is 0 Å². The van der Waals surface area contributed by atoms with E-state index in [2.05, 4.69) is 30.9 Å². The summed E-state index contributed by atoms with van der Waals surface area (Å²) in [5.74, 6) is 1.73. The van der Waals surface area contributed by atoms with Gasteiger partial charge in [0.25, 0.3) is 0 Å². The molecule has 5 heteroatoms. The van der Waals surface area contributed by atoms with Crippen molar-refractivity contribution >= 4 is 5.91 Å². The Bertz CT molecular complexity index is 667. The zero-order valence-electron chi connectivity index (χ0n) is 14.0. The average molecular weight is 313 g/mol. The predicted octanol–water partition coefficient (Wildman–Crippen LogP) is 3.02. The second-order valence-corrected chi connectivity index (χ2v) is 7.44. The second-order valence-electron chi connectivity index (χ2n) is 7.44. The molecule has 0 aliphatic carbocycles. The van der Waals surface area contributed by atoms with Crippen LogP contribution in [0.4, 0.5) is 0 Å². The Balaban J connectivity index is 1.54. The summed E-state index contributed by atoms with van der Waals surface area (Å²) >= 11 is 0. The molecule has 1 saturated heterocycles. The number of hydrogen-bond acceptors (Lipinski definition) is 4. The third-order valence-electron chi connectivity index (χ3n) is 3.95. The number of amides is 1. The lowest BCUT2D eigenvalue weighted by atomic mass is 9.90. The van der Waals surface area contributed by atoms with Gasteiger partial charge in [-0.25, -0.2) is 0 Å². The van der Waals surface area contributed by atoms with Gasteiger partial charge in [-0.1, -0.05) is 56.3 Å². The number of aromatic nitrogens is 2. The molecule has 23 heavy (non-hydrogen) atoms. The minimum absolute atomic E-state index is 0.0233. The summed E-state index contributed by atoms with van der Waals surface area (Å²) in [5, 5.41) is 4.05. The van der Waals surface area contributed by atoms with Gasteiger partial charge in [-0.05, 0) is 11.0 Å². The van der Waals surface area contributed by atoms with E-state index in [4.69, 9.17) is 4.52 Å². The average Bonchev–Trinajstić information content (AvgIpc) is 2.84. The molecule has 1 amide bonds. The van der Waals surface area contributed by atoms with Crippen molar-refractivity contribution in [2.24, 2.45) is 5.41 Å². The van der Waals surface area contributed by atoms with Crippen LogP contribution in [0.3, 0.4) is 0 Å². The Hall–Kier alpha value is -2.17. The van der Waals surface area contributed by atoms with Crippen molar-refractivity contribution in [3.63, 3.8) is 0 Å². The molecule has 0 unspecified atom stereocenters. The molecule has 0 radical (unpaired) electrons. The van der Waals surface area contributed by atoms with Crippen molar-refractivity contribution in [3.8, 4) is 0 Å². The van der Waals surface area contributed by atoms with Gasteiger partial charge in [-0.2, -0.15) is 4.98 Å². The molecule has 1 fully saturated rings. The van der Waals surface area contributed by atoms with Crippen LogP contribution in [0.1, 0.15) is 50.4 Å². The smallest absolute Gasteiger partial charge is 0.233 e. The van der Waals surface area contributed by atoms with Gasteiger partial charge in [0.15, 0.2) is 5.82 Å². The van der Waals surface area contributed by atoms with E-state index in [-0.39, 0.29) is 17.2 Å². The molecule has 3 rings (SSSR count). The highest BCUT2D eigenvalue weighted by Gasteiger charge is 2.36. The molecule has 1 aromatic carbocycles. The Kier molecular flexibility index (Phi) is 4.20. The number of likely N-dealkylation sites (tertiary alicyclic amines) is 1. The van der Waals surface area contributed by atoms with Gasteiger partial charge in [0.2, 0.25) is 11.8 Å². The summed E-state index contributed by atoms with van der Waals surface area (Å²) in [6, 6.07) is 10.1. The van der Waals surface area contributed by atoms with Gasteiger partial charge >= 0.3 is 0 Å². The number of carbonyl (C=O) groups excluding carboxylic acids is 1. The van der Waals surface area contributed by atoms with Crippen LogP contribution in [0.25, 0.3) is 0 Å². The Labute approximate surface area is 136 Å². The molecule has 122 valence electrons. The Morgan fingerprint density at radius 2 is 1.96 bits per heavy atom. The molecule has 1 aromatic heterocycles. The maximum absolute atomic E-state index is 12.1. The van der Waals surface area contributed by atoms with Gasteiger partial charge in [0.1, 0.15) is 0 Å². The molecular formula is C18H23N3O2. The molecule has 1 aliphatic rings. The molecular weight excluding hydrogens is 290 g/mol. The molecule has 0 N–H and O–H groups in total. The fourth-order valence-electron chi connectivity index (χ4n) is 2.69. The topological polar surface area (TPSA) is 59.2 Å². The number of rotatable bonds is 4. The first-order chi connectivity index (χ1) is 10.9. The van der Waals surface area contributed by atoms with E-state index in [0.29, 0.717) is 37.6 Å². The first-order valence-electron chi connectivity index (χ1n) is 8.05. The van der Waals surface area contributed by atoms with Crippen LogP contribution in [-0.4, -0.2) is 34.0 Å². The van der Waals surface area contributed by atoms with Gasteiger partial charge < -0.3 is 9.42 Å². The number of hydrogen-bond donors (Lipinski definition) is 0. The summed E-state index contributed by atoms with van der Waals surface area (Å²) in [7, 11) is 0. The lowest BCUT2D eigenvalue weighted by Gasteiger charge is -2.38. The van der Waals surface area contributed by atoms with Crippen LogP contribution in [0.15, 0.2) is 34.9 Å². The van der Waals surface area contributed by atoms with Crippen molar-refractivity contribution < 1.29 is 9.32 Å². The molecule has 0 atom stereocenters. The minimum Gasteiger partial charge on any atom is -0.341 e. The van der Waals surface area contributed by atoms with Crippen molar-refractivity contribution in [1.29, 1.82) is 0 Å². The highest BCUT2D eigenvalue weighted by atomic mass is 16.5. The molecule has 0 spiro atoms. The zero-order valence-corrected chi connectivity index (χ0v) is 14.0. The number of carbonyl (C=O) groups is 1. The van der Waals surface area contributed by atoms with Crippen LogP contribution in [0.2, 0.25) is 0 Å². The summed E-state index contributed by atoms with van der Waals surface area (Å²) in [6.07, 6.45) is 1.24. The highest BCUT2D eigenvalue weighted by molar-refractivity contribution is 5.77. The summed E-state index contributed by atoms with van der Waals surface area (Å²) in [5.41, 5.74) is 1.19. The summed E-state index contributed by atoms with van der Waals surface area (Å²) < 4.78 is 5.37. The number of benzene rings is 1. The fourth-order valence-corrected chi connectivity index (χ4v) is 2.69. The maximum atomic E-state index is 12.1. The second kappa shape index (κ2) is 6.14. The molecule has 2 heterocycles. The Morgan fingerprint density at radius 1 is 1.26 bits per heavy atom. The lowest BCUT2D eigenvalue weighted by molar-refractivity contribution is -0.137. The van der Waals surface area contributed by atoms with Crippen LogP contribution >= 0.6 is 0 Å². The van der Waals surface area contributed by atoms with E-state index in [1.807, 2.05) is 35.2 Å². The Morgan fingerprint density at radius 3 is 2.61 bits per heavy atom. The molecule has 2 aromatic rings. The van der Waals surface area contributed by atoms with Crippen LogP contribution in [0, 0.1) is 5.41 Å². The predicted molar refractivity (Wildman–Crippen MR) is 86.9 cm³/mol. The van der Waals surface area contributed by atoms with Gasteiger partial charge in [0, 0.05) is 25.9 Å². The van der Waals surface area contributed by atoms with E-state index in [9.17, 15) is 4.79 Å². The van der Waals surface area contributed by atoms with Crippen LogP contribution in [0.5, 0.6) is 0 Å². The van der Waals surface area contributed by atoms with Crippen molar-refractivity contribution in [3.05, 3.63) is 47.6 Å². The zero-order chi connectivity index (χ0) is 16.4. The molecule has 0 saturated carbocycles. The van der Waals surface area contributed by atoms with E-state index in [1.165, 1.54) is 0 Å². The number of nitrogens with zero attached hydrogens (tertiary/aromatic N) is 3. The molecule has 0 bridgehead atoms. The van der Waals surface area contributed by atoms with E-state index in [1.54, 1.807) is 0 Å². The quantitative estimate of drug-likeness (QED) is 0.870. The first kappa shape index (κ1) is 15.7. The van der Waals surface area contributed by atoms with Gasteiger partial charge in [0.05, 0.1) is 5.92 Å². The standard InChI is InChI=1S/C18H23N3O2/c1-18(2,3)10-16(22)21-11-14(12-21)17-19-15(20-23-17)9-13-7-5-4-6-8-13/h4-8,14H,9-12H2,1-3H3.